The first-order valence-corrected chi connectivity index (χ1v) is 9.98. The zero-order valence-corrected chi connectivity index (χ0v) is 18.2. The molecule has 2 aromatic carbocycles. The van der Waals surface area contributed by atoms with Crippen molar-refractivity contribution in [3.8, 4) is 5.75 Å². The second-order valence-corrected chi connectivity index (χ2v) is 7.66. The normalized spacial score (nSPS) is 14.1. The summed E-state index contributed by atoms with van der Waals surface area (Å²) in [5.74, 6) is 0.690. The number of likely N-dealkylation sites (N-methyl/N-ethyl adjacent to an activating group) is 1. The monoisotopic (exact) mass is 462 g/mol. The van der Waals surface area contributed by atoms with Crippen LogP contribution in [-0.4, -0.2) is 44.6 Å². The molecule has 0 spiro atoms. The van der Waals surface area contributed by atoms with E-state index in [-0.39, 0.29) is 0 Å². The van der Waals surface area contributed by atoms with E-state index in [1.165, 1.54) is 11.1 Å². The number of alkyl halides is 3. The van der Waals surface area contributed by atoms with E-state index in [1.54, 1.807) is 7.11 Å². The topological polar surface area (TPSA) is 41.6 Å². The Kier molecular flexibility index (Phi) is 8.82. The van der Waals surface area contributed by atoms with Crippen molar-refractivity contribution in [2.24, 2.45) is 0 Å². The first-order chi connectivity index (χ1) is 14.1. The molecule has 1 aliphatic rings. The highest BCUT2D eigenvalue weighted by Crippen LogP contribution is 2.32. The van der Waals surface area contributed by atoms with Gasteiger partial charge in [-0.2, -0.15) is 13.2 Å². The fourth-order valence-electron chi connectivity index (χ4n) is 3.11. The maximum Gasteiger partial charge on any atom is 0.446 e. The highest BCUT2D eigenvalue weighted by molar-refractivity contribution is 6.33. The number of carbonyl (C=O) groups excluding carboxylic acids is 1. The highest BCUT2D eigenvalue weighted by atomic mass is 35.5. The lowest BCUT2D eigenvalue weighted by Crippen LogP contribution is -2.20. The average Bonchev–Trinajstić information content (AvgIpc) is 2.89. The van der Waals surface area contributed by atoms with Crippen LogP contribution in [0.25, 0.3) is 0 Å². The molecule has 1 N–H and O–H groups in total. The van der Waals surface area contributed by atoms with Crippen LogP contribution < -0.4 is 10.1 Å². The number of aldehydes is 1. The second-order valence-electron chi connectivity index (χ2n) is 6.85. The van der Waals surface area contributed by atoms with E-state index in [9.17, 15) is 13.2 Å². The van der Waals surface area contributed by atoms with Crippen molar-refractivity contribution in [1.29, 1.82) is 0 Å². The maximum absolute atomic E-state index is 10.4. The van der Waals surface area contributed by atoms with Gasteiger partial charge in [-0.15, -0.1) is 0 Å². The molecule has 0 aliphatic carbocycles. The Morgan fingerprint density at radius 1 is 1.13 bits per heavy atom. The van der Waals surface area contributed by atoms with Gasteiger partial charge < -0.3 is 15.0 Å². The standard InChI is InChI=1S/C19H22Cl2N2O.C2HF3O/c1-23-9-7-14-4-5-16(20)19(15(14)8-10-23)22-12-13-3-6-18(24-2)17(21)11-13;3-2(4,5)1-6/h3-6,11,22H,7-10,12H2,1-2H3;1H. The quantitative estimate of drug-likeness (QED) is 0.618. The van der Waals surface area contributed by atoms with Crippen molar-refractivity contribution < 1.29 is 22.7 Å². The molecule has 3 rings (SSSR count). The minimum Gasteiger partial charge on any atom is -0.495 e. The molecular formula is C21H23Cl2F3N2O2. The number of benzene rings is 2. The van der Waals surface area contributed by atoms with Gasteiger partial charge >= 0.3 is 6.18 Å². The van der Waals surface area contributed by atoms with E-state index in [0.29, 0.717) is 17.3 Å². The van der Waals surface area contributed by atoms with Gasteiger partial charge in [0.15, 0.2) is 0 Å². The van der Waals surface area contributed by atoms with E-state index in [2.05, 4.69) is 23.3 Å². The van der Waals surface area contributed by atoms with Crippen molar-refractivity contribution in [2.45, 2.75) is 25.6 Å². The third-order valence-corrected chi connectivity index (χ3v) is 5.29. The number of rotatable bonds is 4. The zero-order chi connectivity index (χ0) is 22.3. The molecule has 0 atom stereocenters. The van der Waals surface area contributed by atoms with Gasteiger partial charge in [-0.25, -0.2) is 0 Å². The van der Waals surface area contributed by atoms with Gasteiger partial charge in [-0.05, 0) is 54.8 Å². The molecule has 0 amide bonds. The van der Waals surface area contributed by atoms with Gasteiger partial charge in [0.2, 0.25) is 6.29 Å². The number of hydrogen-bond acceptors (Lipinski definition) is 4. The van der Waals surface area contributed by atoms with Gasteiger partial charge in [-0.3, -0.25) is 4.79 Å². The lowest BCUT2D eigenvalue weighted by atomic mass is 10.0. The number of methoxy groups -OCH3 is 1. The summed E-state index contributed by atoms with van der Waals surface area (Å²) in [5.41, 5.74) is 4.88. The Morgan fingerprint density at radius 3 is 2.40 bits per heavy atom. The Hall–Kier alpha value is -1.96. The molecule has 30 heavy (non-hydrogen) atoms. The van der Waals surface area contributed by atoms with Crippen LogP contribution in [0.1, 0.15) is 16.7 Å². The molecule has 1 aliphatic heterocycles. The molecule has 0 saturated carbocycles. The third-order valence-electron chi connectivity index (χ3n) is 4.68. The van der Waals surface area contributed by atoms with Crippen molar-refractivity contribution in [2.75, 3.05) is 32.6 Å². The Bertz CT molecular complexity index is 876. The van der Waals surface area contributed by atoms with Crippen LogP contribution in [0.5, 0.6) is 5.75 Å². The van der Waals surface area contributed by atoms with E-state index < -0.39 is 12.5 Å². The van der Waals surface area contributed by atoms with E-state index in [1.807, 2.05) is 24.3 Å². The zero-order valence-electron chi connectivity index (χ0n) is 16.7. The van der Waals surface area contributed by atoms with E-state index >= 15 is 0 Å². The molecule has 0 bridgehead atoms. The number of halogens is 5. The molecule has 0 aromatic heterocycles. The number of carbonyl (C=O) groups is 1. The highest BCUT2D eigenvalue weighted by Gasteiger charge is 2.25. The molecule has 0 radical (unpaired) electrons. The number of ether oxygens (including phenoxy) is 1. The number of nitrogens with zero attached hydrogens (tertiary/aromatic N) is 1. The summed E-state index contributed by atoms with van der Waals surface area (Å²) < 4.78 is 36.5. The van der Waals surface area contributed by atoms with Crippen LogP contribution in [0.2, 0.25) is 10.0 Å². The van der Waals surface area contributed by atoms with Crippen LogP contribution in [0.15, 0.2) is 30.3 Å². The summed E-state index contributed by atoms with van der Waals surface area (Å²) in [4.78, 5) is 11.1. The molecule has 0 fully saturated rings. The fraction of sp³-hybridized carbons (Fsp3) is 0.381. The lowest BCUT2D eigenvalue weighted by Gasteiger charge is -2.17. The van der Waals surface area contributed by atoms with Gasteiger partial charge in [0, 0.05) is 19.6 Å². The first kappa shape index (κ1) is 24.3. The van der Waals surface area contributed by atoms with Gasteiger partial charge in [0.1, 0.15) is 5.75 Å². The Morgan fingerprint density at radius 2 is 1.80 bits per heavy atom. The smallest absolute Gasteiger partial charge is 0.446 e. The second kappa shape index (κ2) is 10.9. The molecule has 9 heteroatoms. The average molecular weight is 463 g/mol. The van der Waals surface area contributed by atoms with Crippen molar-refractivity contribution >= 4 is 35.2 Å². The molecule has 0 unspecified atom stereocenters. The SMILES string of the molecule is COc1ccc(CNc2c(Cl)ccc3c2CCN(C)CC3)cc1Cl.O=CC(F)(F)F. The minimum absolute atomic E-state index is 0.622. The molecule has 4 nitrogen and oxygen atoms in total. The minimum atomic E-state index is -4.64. The number of anilines is 1. The van der Waals surface area contributed by atoms with Crippen LogP contribution in [0.3, 0.4) is 0 Å². The number of nitrogens with one attached hydrogen (secondary N) is 1. The predicted molar refractivity (Wildman–Crippen MR) is 114 cm³/mol. The van der Waals surface area contributed by atoms with Crippen molar-refractivity contribution in [3.63, 3.8) is 0 Å². The Balaban J connectivity index is 0.000000469. The maximum atomic E-state index is 10.4. The van der Waals surface area contributed by atoms with Gasteiger partial charge in [-0.1, -0.05) is 35.3 Å². The van der Waals surface area contributed by atoms with E-state index in [0.717, 1.165) is 42.2 Å². The van der Waals surface area contributed by atoms with Gasteiger partial charge in [0.25, 0.3) is 0 Å². The summed E-state index contributed by atoms with van der Waals surface area (Å²) >= 11 is 12.7. The summed E-state index contributed by atoms with van der Waals surface area (Å²) in [7, 11) is 3.79. The molecular weight excluding hydrogens is 440 g/mol. The predicted octanol–water partition coefficient (Wildman–Crippen LogP) is 5.39. The summed E-state index contributed by atoms with van der Waals surface area (Å²) in [5, 5.41) is 4.91. The van der Waals surface area contributed by atoms with Crippen LogP contribution in [0.4, 0.5) is 18.9 Å². The van der Waals surface area contributed by atoms with Gasteiger partial charge in [0.05, 0.1) is 22.8 Å². The van der Waals surface area contributed by atoms with E-state index in [4.69, 9.17) is 32.7 Å². The number of fused-ring (bicyclic) bond motifs is 1. The largest absolute Gasteiger partial charge is 0.495 e. The van der Waals surface area contributed by atoms with Crippen molar-refractivity contribution in [3.05, 3.63) is 57.1 Å². The number of hydrogen-bond donors (Lipinski definition) is 1. The van der Waals surface area contributed by atoms with Crippen LogP contribution >= 0.6 is 23.2 Å². The summed E-state index contributed by atoms with van der Waals surface area (Å²) in [6.45, 7) is 2.81. The van der Waals surface area contributed by atoms with Crippen molar-refractivity contribution in [1.82, 2.24) is 4.90 Å². The van der Waals surface area contributed by atoms with Crippen LogP contribution in [-0.2, 0) is 24.2 Å². The lowest BCUT2D eigenvalue weighted by molar-refractivity contribution is -0.156. The summed E-state index contributed by atoms with van der Waals surface area (Å²) in [6, 6.07) is 9.99. The van der Waals surface area contributed by atoms with Crippen LogP contribution in [0, 0.1) is 0 Å². The first-order valence-electron chi connectivity index (χ1n) is 9.22. The summed E-state index contributed by atoms with van der Waals surface area (Å²) in [6.07, 6.45) is -3.63. The Labute approximate surface area is 183 Å². The molecule has 2 aromatic rings. The molecule has 164 valence electrons. The molecule has 1 heterocycles. The third kappa shape index (κ3) is 7.07. The molecule has 0 saturated heterocycles. The fourth-order valence-corrected chi connectivity index (χ4v) is 3.63.